The second-order valence-corrected chi connectivity index (χ2v) is 6.47. The number of thioether (sulfide) groups is 1. The number of benzene rings is 1. The van der Waals surface area contributed by atoms with Gasteiger partial charge in [-0.3, -0.25) is 9.48 Å². The molecule has 7 nitrogen and oxygen atoms in total. The van der Waals surface area contributed by atoms with Crippen LogP contribution < -0.4 is 5.56 Å². The van der Waals surface area contributed by atoms with Crippen molar-refractivity contribution in [3.8, 4) is 5.82 Å². The van der Waals surface area contributed by atoms with E-state index in [1.807, 2.05) is 6.07 Å². The van der Waals surface area contributed by atoms with E-state index in [-0.39, 0.29) is 11.4 Å². The predicted molar refractivity (Wildman–Crippen MR) is 95.7 cm³/mol. The monoisotopic (exact) mass is 368 g/mol. The van der Waals surface area contributed by atoms with Gasteiger partial charge in [-0.05, 0) is 23.8 Å². The molecule has 9 heteroatoms. The molecule has 26 heavy (non-hydrogen) atoms. The second kappa shape index (κ2) is 6.68. The Hall–Kier alpha value is -3.07. The number of aryl methyl sites for hydroxylation is 1. The zero-order valence-electron chi connectivity index (χ0n) is 13.7. The molecule has 0 amide bonds. The predicted octanol–water partition coefficient (Wildman–Crippen LogP) is 2.34. The quantitative estimate of drug-likeness (QED) is 0.406. The lowest BCUT2D eigenvalue weighted by atomic mass is 10.2. The van der Waals surface area contributed by atoms with Crippen LogP contribution in [0.5, 0.6) is 0 Å². The Morgan fingerprint density at radius 1 is 1.27 bits per heavy atom. The minimum atomic E-state index is -0.300. The summed E-state index contributed by atoms with van der Waals surface area (Å²) in [4.78, 5) is 25.6. The van der Waals surface area contributed by atoms with Crippen molar-refractivity contribution >= 4 is 22.8 Å². The van der Waals surface area contributed by atoms with Crippen molar-refractivity contribution in [2.75, 3.05) is 0 Å². The lowest BCUT2D eigenvalue weighted by Crippen LogP contribution is -2.22. The SMILES string of the molecule is Cn1ncc2c(=O)n(-c3ccncn3)c(SCc3cccc(F)c3)nc21. The first-order chi connectivity index (χ1) is 12.6. The maximum Gasteiger partial charge on any atom is 0.271 e. The van der Waals surface area contributed by atoms with Gasteiger partial charge >= 0.3 is 0 Å². The molecular weight excluding hydrogens is 355 g/mol. The zero-order valence-corrected chi connectivity index (χ0v) is 14.5. The topological polar surface area (TPSA) is 78.5 Å². The fourth-order valence-corrected chi connectivity index (χ4v) is 3.48. The summed E-state index contributed by atoms with van der Waals surface area (Å²) in [5.74, 6) is 0.579. The third kappa shape index (κ3) is 2.97. The lowest BCUT2D eigenvalue weighted by Gasteiger charge is -2.11. The third-order valence-corrected chi connectivity index (χ3v) is 4.80. The van der Waals surface area contributed by atoms with Gasteiger partial charge in [0.05, 0.1) is 6.20 Å². The van der Waals surface area contributed by atoms with Gasteiger partial charge in [0.15, 0.2) is 10.8 Å². The van der Waals surface area contributed by atoms with Gasteiger partial charge in [0.1, 0.15) is 23.3 Å². The van der Waals surface area contributed by atoms with E-state index in [1.54, 1.807) is 30.1 Å². The van der Waals surface area contributed by atoms with Crippen molar-refractivity contribution in [2.24, 2.45) is 7.05 Å². The number of hydrogen-bond donors (Lipinski definition) is 0. The summed E-state index contributed by atoms with van der Waals surface area (Å²) < 4.78 is 16.4. The molecule has 0 unspecified atom stereocenters. The Labute approximate surface area is 151 Å². The van der Waals surface area contributed by atoms with Crippen LogP contribution in [0.15, 0.2) is 59.0 Å². The fourth-order valence-electron chi connectivity index (χ4n) is 2.55. The molecule has 1 aromatic carbocycles. The first kappa shape index (κ1) is 16.4. The second-order valence-electron chi connectivity index (χ2n) is 5.53. The van der Waals surface area contributed by atoms with Crippen molar-refractivity contribution in [2.45, 2.75) is 10.9 Å². The van der Waals surface area contributed by atoms with Crippen LogP contribution in [-0.2, 0) is 12.8 Å². The van der Waals surface area contributed by atoms with Crippen LogP contribution >= 0.6 is 11.8 Å². The van der Waals surface area contributed by atoms with Crippen molar-refractivity contribution in [3.63, 3.8) is 0 Å². The smallest absolute Gasteiger partial charge is 0.268 e. The molecule has 0 aliphatic heterocycles. The molecule has 0 saturated carbocycles. The molecule has 3 aromatic heterocycles. The van der Waals surface area contributed by atoms with Gasteiger partial charge in [-0.1, -0.05) is 23.9 Å². The molecular formula is C17H13FN6OS. The molecule has 0 bridgehead atoms. The number of nitrogens with zero attached hydrogens (tertiary/aromatic N) is 6. The fraction of sp³-hybridized carbons (Fsp3) is 0.118. The van der Waals surface area contributed by atoms with E-state index in [2.05, 4.69) is 20.1 Å². The standard InChI is InChI=1S/C17H13FN6OS/c1-23-15-13(8-21-23)16(25)24(14-5-6-19-10-20-14)17(22-15)26-9-11-3-2-4-12(18)7-11/h2-8,10H,9H2,1H3. The third-order valence-electron chi connectivity index (χ3n) is 3.79. The summed E-state index contributed by atoms with van der Waals surface area (Å²) in [5, 5.41) is 4.97. The van der Waals surface area contributed by atoms with Crippen molar-refractivity contribution in [3.05, 3.63) is 70.8 Å². The molecule has 0 spiro atoms. The Morgan fingerprint density at radius 2 is 2.15 bits per heavy atom. The van der Waals surface area contributed by atoms with Crippen LogP contribution in [0.3, 0.4) is 0 Å². The molecule has 4 rings (SSSR count). The Kier molecular flexibility index (Phi) is 4.21. The molecule has 0 aliphatic carbocycles. The maximum atomic E-state index is 13.4. The van der Waals surface area contributed by atoms with Gasteiger partial charge in [-0.2, -0.15) is 5.10 Å². The highest BCUT2D eigenvalue weighted by Gasteiger charge is 2.16. The number of halogens is 1. The van der Waals surface area contributed by atoms with E-state index >= 15 is 0 Å². The molecule has 0 aliphatic rings. The van der Waals surface area contributed by atoms with Gasteiger partial charge < -0.3 is 0 Å². The summed E-state index contributed by atoms with van der Waals surface area (Å²) in [6, 6.07) is 7.97. The molecule has 0 fully saturated rings. The van der Waals surface area contributed by atoms with E-state index < -0.39 is 0 Å². The van der Waals surface area contributed by atoms with Crippen LogP contribution in [0.2, 0.25) is 0 Å². The highest BCUT2D eigenvalue weighted by atomic mass is 32.2. The molecule has 130 valence electrons. The summed E-state index contributed by atoms with van der Waals surface area (Å²) in [5.41, 5.74) is 1.02. The van der Waals surface area contributed by atoms with Crippen molar-refractivity contribution < 1.29 is 4.39 Å². The van der Waals surface area contributed by atoms with Crippen LogP contribution in [-0.4, -0.2) is 29.3 Å². The van der Waals surface area contributed by atoms with Crippen LogP contribution in [0, 0.1) is 5.82 Å². The van der Waals surface area contributed by atoms with E-state index in [4.69, 9.17) is 0 Å². The van der Waals surface area contributed by atoms with E-state index in [9.17, 15) is 9.18 Å². The van der Waals surface area contributed by atoms with Gasteiger partial charge in [-0.15, -0.1) is 0 Å². The highest BCUT2D eigenvalue weighted by Crippen LogP contribution is 2.24. The van der Waals surface area contributed by atoms with Crippen LogP contribution in [0.25, 0.3) is 16.9 Å². The summed E-state index contributed by atoms with van der Waals surface area (Å²) in [7, 11) is 1.73. The van der Waals surface area contributed by atoms with Crippen molar-refractivity contribution in [1.82, 2.24) is 29.3 Å². The van der Waals surface area contributed by atoms with E-state index in [0.717, 1.165) is 5.56 Å². The van der Waals surface area contributed by atoms with E-state index in [0.29, 0.717) is 27.8 Å². The van der Waals surface area contributed by atoms with Crippen molar-refractivity contribution in [1.29, 1.82) is 0 Å². The first-order valence-electron chi connectivity index (χ1n) is 7.72. The number of aromatic nitrogens is 6. The molecule has 4 aromatic rings. The summed E-state index contributed by atoms with van der Waals surface area (Å²) in [6.45, 7) is 0. The lowest BCUT2D eigenvalue weighted by molar-refractivity contribution is 0.626. The molecule has 0 N–H and O–H groups in total. The van der Waals surface area contributed by atoms with Gasteiger partial charge in [-0.25, -0.2) is 23.9 Å². The van der Waals surface area contributed by atoms with Crippen LogP contribution in [0.1, 0.15) is 5.56 Å². The van der Waals surface area contributed by atoms with Crippen LogP contribution in [0.4, 0.5) is 4.39 Å². The minimum absolute atomic E-state index is 0.261. The zero-order chi connectivity index (χ0) is 18.1. The Balaban J connectivity index is 1.83. The van der Waals surface area contributed by atoms with Gasteiger partial charge in [0.25, 0.3) is 5.56 Å². The highest BCUT2D eigenvalue weighted by molar-refractivity contribution is 7.98. The maximum absolute atomic E-state index is 13.4. The van der Waals surface area contributed by atoms with Gasteiger partial charge in [0, 0.05) is 19.0 Å². The van der Waals surface area contributed by atoms with Gasteiger partial charge in [0.2, 0.25) is 0 Å². The Morgan fingerprint density at radius 3 is 2.92 bits per heavy atom. The average Bonchev–Trinajstić information content (AvgIpc) is 3.02. The van der Waals surface area contributed by atoms with E-state index in [1.165, 1.54) is 41.0 Å². The molecule has 0 radical (unpaired) electrons. The molecule has 3 heterocycles. The molecule has 0 atom stereocenters. The summed E-state index contributed by atoms with van der Waals surface area (Å²) >= 11 is 1.33. The average molecular weight is 368 g/mol. The number of hydrogen-bond acceptors (Lipinski definition) is 6. The number of fused-ring (bicyclic) bond motifs is 1. The Bertz CT molecular complexity index is 1140. The molecule has 0 saturated heterocycles. The normalized spacial score (nSPS) is 11.2. The number of rotatable bonds is 4. The minimum Gasteiger partial charge on any atom is -0.268 e. The first-order valence-corrected chi connectivity index (χ1v) is 8.70. The largest absolute Gasteiger partial charge is 0.271 e. The summed E-state index contributed by atoms with van der Waals surface area (Å²) in [6.07, 6.45) is 4.42.